The lowest BCUT2D eigenvalue weighted by atomic mass is 9.96. The Morgan fingerprint density at radius 2 is 1.20 bits per heavy atom. The number of benzene rings is 6. The summed E-state index contributed by atoms with van der Waals surface area (Å²) in [5, 5.41) is 2.71. The van der Waals surface area contributed by atoms with E-state index < -0.39 is 0 Å². The van der Waals surface area contributed by atoms with Gasteiger partial charge in [0.2, 0.25) is 0 Å². The predicted molar refractivity (Wildman–Crippen MR) is 198 cm³/mol. The molecule has 0 saturated heterocycles. The molecule has 0 fully saturated rings. The number of rotatable bonds is 5. The van der Waals surface area contributed by atoms with E-state index in [1.165, 1.54) is 80.1 Å². The maximum absolute atomic E-state index is 2.39. The molecule has 0 bridgehead atoms. The largest absolute Gasteiger partial charge is 0.134 e. The smallest absolute Gasteiger partial charge is 0.0497 e. The van der Waals surface area contributed by atoms with Crippen LogP contribution in [-0.2, 0) is 0 Å². The summed E-state index contributed by atoms with van der Waals surface area (Å²) in [6, 6.07) is 50.7. The molecule has 0 radical (unpaired) electrons. The second kappa shape index (κ2) is 11.7. The third-order valence-corrected chi connectivity index (χ3v) is 11.7. The predicted octanol–water partition coefficient (Wildman–Crippen LogP) is 13.3. The van der Waals surface area contributed by atoms with Gasteiger partial charge in [0.05, 0.1) is 0 Å². The van der Waals surface area contributed by atoms with Crippen molar-refractivity contribution in [1.82, 2.24) is 0 Å². The quantitative estimate of drug-likeness (QED) is 0.186. The van der Waals surface area contributed by atoms with E-state index in [1.54, 1.807) is 0 Å². The molecule has 216 valence electrons. The highest BCUT2D eigenvalue weighted by molar-refractivity contribution is 8.03. The van der Waals surface area contributed by atoms with Crippen LogP contribution in [0.2, 0.25) is 0 Å². The van der Waals surface area contributed by atoms with Crippen molar-refractivity contribution in [2.75, 3.05) is 0 Å². The van der Waals surface area contributed by atoms with Crippen LogP contribution < -0.4 is 0 Å². The zero-order chi connectivity index (χ0) is 30.3. The summed E-state index contributed by atoms with van der Waals surface area (Å²) < 4.78 is 2.76. The molecule has 0 saturated carbocycles. The van der Waals surface area contributed by atoms with Crippen molar-refractivity contribution in [2.45, 2.75) is 24.7 Å². The Labute approximate surface area is 273 Å². The second-order valence-corrected chi connectivity index (χ2v) is 13.9. The van der Waals surface area contributed by atoms with E-state index in [4.69, 9.17) is 0 Å². The Morgan fingerprint density at radius 3 is 1.93 bits per heavy atom. The Hall–Kier alpha value is -4.63. The van der Waals surface area contributed by atoms with E-state index >= 15 is 0 Å². The van der Waals surface area contributed by atoms with Gasteiger partial charge in [0, 0.05) is 31.0 Å². The summed E-state index contributed by atoms with van der Waals surface area (Å²) in [5.41, 5.74) is 11.5. The zero-order valence-electron chi connectivity index (χ0n) is 25.3. The van der Waals surface area contributed by atoms with Gasteiger partial charge >= 0.3 is 0 Å². The number of hydrogen-bond donors (Lipinski definition) is 0. The van der Waals surface area contributed by atoms with Crippen LogP contribution in [-0.4, -0.2) is 0 Å². The van der Waals surface area contributed by atoms with Crippen molar-refractivity contribution in [3.63, 3.8) is 0 Å². The van der Waals surface area contributed by atoms with Gasteiger partial charge < -0.3 is 0 Å². The van der Waals surface area contributed by atoms with Crippen LogP contribution in [0.3, 0.4) is 0 Å². The molecule has 0 unspecified atom stereocenters. The first-order chi connectivity index (χ1) is 22.1. The zero-order valence-corrected chi connectivity index (χ0v) is 27.0. The third kappa shape index (κ3) is 5.25. The monoisotopic (exact) mass is 612 g/mol. The number of thiophene rings is 1. The fraction of sp³-hybridized carbons (Fsp3) is 0.0698. The summed E-state index contributed by atoms with van der Waals surface area (Å²) in [7, 11) is 0. The molecular weight excluding hydrogens is 581 g/mol. The second-order valence-electron chi connectivity index (χ2n) is 11.8. The summed E-state index contributed by atoms with van der Waals surface area (Å²) in [5.74, 6) is 0.385. The Bertz CT molecular complexity index is 2250. The van der Waals surface area contributed by atoms with Crippen molar-refractivity contribution < 1.29 is 0 Å². The third-order valence-electron chi connectivity index (χ3n) is 8.96. The van der Waals surface area contributed by atoms with Gasteiger partial charge in [-0.3, -0.25) is 0 Å². The van der Waals surface area contributed by atoms with Crippen molar-refractivity contribution in [3.8, 4) is 33.4 Å². The molecule has 0 nitrogen and oxygen atoms in total. The van der Waals surface area contributed by atoms with Crippen molar-refractivity contribution in [1.29, 1.82) is 0 Å². The van der Waals surface area contributed by atoms with Gasteiger partial charge in [-0.25, -0.2) is 0 Å². The molecule has 0 aliphatic carbocycles. The van der Waals surface area contributed by atoms with Crippen molar-refractivity contribution in [2.24, 2.45) is 0 Å². The minimum Gasteiger partial charge on any atom is -0.134 e. The minimum atomic E-state index is 0.385. The lowest BCUT2D eigenvalue weighted by molar-refractivity contribution is 0.949. The van der Waals surface area contributed by atoms with Gasteiger partial charge in [-0.2, -0.15) is 0 Å². The molecule has 2 heteroatoms. The molecule has 0 N–H and O–H groups in total. The highest BCUT2D eigenvalue weighted by Crippen LogP contribution is 2.54. The molecule has 0 spiro atoms. The van der Waals surface area contributed by atoms with E-state index in [0.29, 0.717) is 5.92 Å². The molecule has 6 aromatic carbocycles. The summed E-state index contributed by atoms with van der Waals surface area (Å²) in [4.78, 5) is 2.84. The van der Waals surface area contributed by atoms with Crippen LogP contribution in [0, 0.1) is 0 Å². The normalized spacial score (nSPS) is 15.6. The lowest BCUT2D eigenvalue weighted by Crippen LogP contribution is -1.88. The number of allylic oxidation sites excluding steroid dienone is 4. The van der Waals surface area contributed by atoms with E-state index in [0.717, 1.165) is 0 Å². The Morgan fingerprint density at radius 1 is 0.578 bits per heavy atom. The van der Waals surface area contributed by atoms with Gasteiger partial charge in [0.15, 0.2) is 0 Å². The molecule has 8 rings (SSSR count). The summed E-state index contributed by atoms with van der Waals surface area (Å²) in [6.45, 7) is 4.57. The molecule has 45 heavy (non-hydrogen) atoms. The molecule has 1 aliphatic rings. The Kier molecular flexibility index (Phi) is 7.25. The van der Waals surface area contributed by atoms with E-state index in [9.17, 15) is 0 Å². The summed E-state index contributed by atoms with van der Waals surface area (Å²) in [6.07, 6.45) is 4.64. The highest BCUT2D eigenvalue weighted by atomic mass is 32.2. The van der Waals surface area contributed by atoms with Crippen LogP contribution in [0.25, 0.3) is 59.1 Å². The van der Waals surface area contributed by atoms with E-state index in [-0.39, 0.29) is 0 Å². The highest BCUT2D eigenvalue weighted by Gasteiger charge is 2.27. The number of fused-ring (bicyclic) bond motifs is 5. The maximum atomic E-state index is 2.39. The van der Waals surface area contributed by atoms with Crippen LogP contribution in [0.4, 0.5) is 0 Å². The van der Waals surface area contributed by atoms with Crippen LogP contribution in [0.15, 0.2) is 161 Å². The van der Waals surface area contributed by atoms with Crippen LogP contribution >= 0.6 is 23.1 Å². The van der Waals surface area contributed by atoms with Gasteiger partial charge in [0.25, 0.3) is 0 Å². The van der Waals surface area contributed by atoms with E-state index in [2.05, 4.69) is 166 Å². The molecule has 1 aliphatic heterocycles. The molecule has 0 amide bonds. The molecule has 2 heterocycles. The van der Waals surface area contributed by atoms with Gasteiger partial charge in [-0.05, 0) is 86.2 Å². The molecular formula is C43H32S2. The fourth-order valence-corrected chi connectivity index (χ4v) is 9.01. The van der Waals surface area contributed by atoms with Crippen LogP contribution in [0.5, 0.6) is 0 Å². The molecule has 7 aromatic rings. The van der Waals surface area contributed by atoms with Crippen LogP contribution in [0.1, 0.15) is 30.9 Å². The number of hydrogen-bond acceptors (Lipinski definition) is 2. The average Bonchev–Trinajstić information content (AvgIpc) is 3.64. The minimum absolute atomic E-state index is 0.385. The first-order valence-electron chi connectivity index (χ1n) is 15.5. The fourth-order valence-electron chi connectivity index (χ4n) is 6.38. The molecule has 1 atom stereocenters. The van der Waals surface area contributed by atoms with Crippen molar-refractivity contribution >= 4 is 48.8 Å². The lowest BCUT2D eigenvalue weighted by Gasteiger charge is -2.07. The standard InChI is InChI=1S/C43H32S2/c1-28(32-15-9-16-33(25-32)30-11-5-3-6-12-30)19-23-40-29(2)37-21-22-38-39-27-36(20-24-41(39)45-43(38)42(37)44-40)35-18-10-17-34(26-35)31-13-7-4-8-14-31/h3-27,29H,1-2H3/b28-19+,40-23+/t29-/m0/s1. The number of thioether (sulfide) groups is 1. The maximum Gasteiger partial charge on any atom is 0.0497 e. The SMILES string of the molecule is C/C(=C\C=C1\Sc2c(ccc3c2sc2ccc(-c4cccc(-c5ccccc5)c4)cc23)[C@@H]1C)c1cccc(-c2ccccc2)c1. The topological polar surface area (TPSA) is 0 Å². The summed E-state index contributed by atoms with van der Waals surface area (Å²) >= 11 is 3.89. The first-order valence-corrected chi connectivity index (χ1v) is 17.1. The van der Waals surface area contributed by atoms with E-state index in [1.807, 2.05) is 23.1 Å². The molecule has 1 aromatic heterocycles. The van der Waals surface area contributed by atoms with Gasteiger partial charge in [-0.15, -0.1) is 11.3 Å². The van der Waals surface area contributed by atoms with Gasteiger partial charge in [-0.1, -0.05) is 146 Å². The van der Waals surface area contributed by atoms with Gasteiger partial charge in [0.1, 0.15) is 0 Å². The van der Waals surface area contributed by atoms with Crippen molar-refractivity contribution in [3.05, 3.63) is 168 Å². The Balaban J connectivity index is 1.11. The first kappa shape index (κ1) is 27.9. The average molecular weight is 613 g/mol.